The van der Waals surface area contributed by atoms with Gasteiger partial charge in [-0.2, -0.15) is 0 Å². The highest BCUT2D eigenvalue weighted by atomic mass is 16.5. The molecular weight excluding hydrogens is 234 g/mol. The molecule has 0 aromatic heterocycles. The lowest BCUT2D eigenvalue weighted by Crippen LogP contribution is -2.46. The Labute approximate surface area is 109 Å². The number of aliphatic hydroxyl groups is 1. The molecule has 1 atom stereocenters. The van der Waals surface area contributed by atoms with Crippen LogP contribution in [0.25, 0.3) is 0 Å². The zero-order chi connectivity index (χ0) is 13.4. The smallest absolute Gasteiger partial charge is 0.338 e. The fourth-order valence-corrected chi connectivity index (χ4v) is 2.15. The number of ether oxygens (including phenoxy) is 2. The van der Waals surface area contributed by atoms with Crippen LogP contribution in [0.2, 0.25) is 0 Å². The van der Waals surface area contributed by atoms with Crippen molar-refractivity contribution in [3.05, 3.63) is 0 Å². The van der Waals surface area contributed by atoms with Crippen molar-refractivity contribution >= 4 is 5.97 Å². The van der Waals surface area contributed by atoms with E-state index in [1.807, 2.05) is 0 Å². The summed E-state index contributed by atoms with van der Waals surface area (Å²) >= 11 is 0. The van der Waals surface area contributed by atoms with Crippen LogP contribution in [0.3, 0.4) is 0 Å². The maximum absolute atomic E-state index is 11.2. The van der Waals surface area contributed by atoms with Crippen LogP contribution in [0.4, 0.5) is 0 Å². The molecule has 0 aromatic carbocycles. The summed E-state index contributed by atoms with van der Waals surface area (Å²) in [7, 11) is 1.27. The minimum atomic E-state index is -1.47. The van der Waals surface area contributed by atoms with Gasteiger partial charge in [-0.15, -0.1) is 0 Å². The molecule has 5 nitrogen and oxygen atoms in total. The predicted molar refractivity (Wildman–Crippen MR) is 68.3 cm³/mol. The highest BCUT2D eigenvalue weighted by Gasteiger charge is 2.30. The fraction of sp³-hybridized carbons (Fsp3) is 0.923. The number of methoxy groups -OCH3 is 1. The minimum absolute atomic E-state index is 0.174. The van der Waals surface area contributed by atoms with Crippen LogP contribution >= 0.6 is 0 Å². The molecule has 1 rings (SSSR count). The lowest BCUT2D eigenvalue weighted by atomic mass is 9.98. The standard InChI is InChI=1S/C13H25NO4/c1-13(16,12(15)17-2)10-14-8-9-18-11-6-4-3-5-7-11/h11,14,16H,3-10H2,1-2H3. The molecule has 1 fully saturated rings. The van der Waals surface area contributed by atoms with Crippen LogP contribution in [-0.4, -0.2) is 49.6 Å². The molecule has 0 saturated heterocycles. The summed E-state index contributed by atoms with van der Waals surface area (Å²) in [4.78, 5) is 11.2. The Bertz CT molecular complexity index is 249. The molecule has 0 amide bonds. The topological polar surface area (TPSA) is 67.8 Å². The van der Waals surface area contributed by atoms with Gasteiger partial charge in [0.15, 0.2) is 5.60 Å². The van der Waals surface area contributed by atoms with Crippen LogP contribution in [-0.2, 0) is 14.3 Å². The maximum atomic E-state index is 11.2. The summed E-state index contributed by atoms with van der Waals surface area (Å²) in [6.07, 6.45) is 6.53. The van der Waals surface area contributed by atoms with E-state index in [9.17, 15) is 9.90 Å². The summed E-state index contributed by atoms with van der Waals surface area (Å²) in [5.74, 6) is -0.622. The first kappa shape index (κ1) is 15.4. The molecule has 0 spiro atoms. The molecule has 0 bridgehead atoms. The normalized spacial score (nSPS) is 20.4. The second-order valence-corrected chi connectivity index (χ2v) is 5.07. The second kappa shape index (κ2) is 7.71. The number of carbonyl (C=O) groups excluding carboxylic acids is 1. The Balaban J connectivity index is 2.05. The monoisotopic (exact) mass is 259 g/mol. The van der Waals surface area contributed by atoms with Crippen molar-refractivity contribution in [2.75, 3.05) is 26.8 Å². The van der Waals surface area contributed by atoms with Crippen molar-refractivity contribution in [3.63, 3.8) is 0 Å². The van der Waals surface area contributed by atoms with Crippen LogP contribution in [0.1, 0.15) is 39.0 Å². The molecule has 1 aliphatic rings. The number of nitrogens with one attached hydrogen (secondary N) is 1. The molecule has 1 saturated carbocycles. The molecule has 106 valence electrons. The first-order valence-electron chi connectivity index (χ1n) is 6.69. The number of rotatable bonds is 7. The van der Waals surface area contributed by atoms with Gasteiger partial charge in [-0.1, -0.05) is 19.3 Å². The number of carbonyl (C=O) groups is 1. The van der Waals surface area contributed by atoms with E-state index in [-0.39, 0.29) is 6.54 Å². The second-order valence-electron chi connectivity index (χ2n) is 5.07. The van der Waals surface area contributed by atoms with Gasteiger partial charge in [-0.25, -0.2) is 4.79 Å². The molecule has 1 aliphatic carbocycles. The van der Waals surface area contributed by atoms with Gasteiger partial charge in [0.25, 0.3) is 0 Å². The zero-order valence-corrected chi connectivity index (χ0v) is 11.4. The minimum Gasteiger partial charge on any atom is -0.467 e. The summed E-state index contributed by atoms with van der Waals surface area (Å²) in [5, 5.41) is 12.8. The molecule has 2 N–H and O–H groups in total. The van der Waals surface area contributed by atoms with Gasteiger partial charge < -0.3 is 19.9 Å². The Morgan fingerprint density at radius 3 is 2.67 bits per heavy atom. The van der Waals surface area contributed by atoms with Gasteiger partial charge in [0, 0.05) is 13.1 Å². The van der Waals surface area contributed by atoms with Gasteiger partial charge in [-0.05, 0) is 19.8 Å². The number of hydrogen-bond donors (Lipinski definition) is 2. The van der Waals surface area contributed by atoms with Crippen molar-refractivity contribution < 1.29 is 19.4 Å². The van der Waals surface area contributed by atoms with Gasteiger partial charge >= 0.3 is 5.97 Å². The third kappa shape index (κ3) is 5.33. The highest BCUT2D eigenvalue weighted by Crippen LogP contribution is 2.19. The predicted octanol–water partition coefficient (Wildman–Crippen LogP) is 0.849. The van der Waals surface area contributed by atoms with Crippen LogP contribution in [0.15, 0.2) is 0 Å². The third-order valence-electron chi connectivity index (χ3n) is 3.28. The maximum Gasteiger partial charge on any atom is 0.338 e. The molecular formula is C13H25NO4. The Hall–Kier alpha value is -0.650. The van der Waals surface area contributed by atoms with Crippen molar-refractivity contribution in [3.8, 4) is 0 Å². The molecule has 5 heteroatoms. The summed E-state index contributed by atoms with van der Waals surface area (Å²) in [6.45, 7) is 2.85. The van der Waals surface area contributed by atoms with Crippen LogP contribution < -0.4 is 5.32 Å². The fourth-order valence-electron chi connectivity index (χ4n) is 2.15. The lowest BCUT2D eigenvalue weighted by molar-refractivity contribution is -0.159. The van der Waals surface area contributed by atoms with Crippen molar-refractivity contribution in [2.45, 2.75) is 50.7 Å². The summed E-state index contributed by atoms with van der Waals surface area (Å²) in [6, 6.07) is 0. The lowest BCUT2D eigenvalue weighted by Gasteiger charge is -2.23. The average Bonchev–Trinajstić information content (AvgIpc) is 2.38. The van der Waals surface area contributed by atoms with E-state index in [1.54, 1.807) is 0 Å². The molecule has 0 aliphatic heterocycles. The van der Waals surface area contributed by atoms with E-state index in [4.69, 9.17) is 4.74 Å². The van der Waals surface area contributed by atoms with Crippen LogP contribution in [0, 0.1) is 0 Å². The molecule has 18 heavy (non-hydrogen) atoms. The van der Waals surface area contributed by atoms with Crippen molar-refractivity contribution in [1.82, 2.24) is 5.32 Å². The summed E-state index contributed by atoms with van der Waals surface area (Å²) < 4.78 is 10.2. The third-order valence-corrected chi connectivity index (χ3v) is 3.28. The van der Waals surface area contributed by atoms with Crippen LogP contribution in [0.5, 0.6) is 0 Å². The summed E-state index contributed by atoms with van der Waals surface area (Å²) in [5.41, 5.74) is -1.47. The van der Waals surface area contributed by atoms with E-state index in [0.29, 0.717) is 19.3 Å². The molecule has 0 radical (unpaired) electrons. The van der Waals surface area contributed by atoms with E-state index in [2.05, 4.69) is 10.1 Å². The van der Waals surface area contributed by atoms with E-state index in [0.717, 1.165) is 12.8 Å². The van der Waals surface area contributed by atoms with Gasteiger partial charge in [0.2, 0.25) is 0 Å². The van der Waals surface area contributed by atoms with E-state index >= 15 is 0 Å². The highest BCUT2D eigenvalue weighted by molar-refractivity contribution is 5.78. The zero-order valence-electron chi connectivity index (χ0n) is 11.4. The van der Waals surface area contributed by atoms with Gasteiger partial charge in [0.05, 0.1) is 19.8 Å². The van der Waals surface area contributed by atoms with E-state index in [1.165, 1.54) is 33.3 Å². The van der Waals surface area contributed by atoms with Gasteiger partial charge in [0.1, 0.15) is 0 Å². The van der Waals surface area contributed by atoms with Gasteiger partial charge in [-0.3, -0.25) is 0 Å². The van der Waals surface area contributed by atoms with Crippen molar-refractivity contribution in [2.24, 2.45) is 0 Å². The first-order chi connectivity index (χ1) is 8.56. The quantitative estimate of drug-likeness (QED) is 0.524. The Kier molecular flexibility index (Phi) is 6.60. The molecule has 0 heterocycles. The number of esters is 1. The average molecular weight is 259 g/mol. The number of hydrogen-bond acceptors (Lipinski definition) is 5. The van der Waals surface area contributed by atoms with Crippen molar-refractivity contribution in [1.29, 1.82) is 0 Å². The Morgan fingerprint density at radius 1 is 1.39 bits per heavy atom. The first-order valence-corrected chi connectivity index (χ1v) is 6.69. The molecule has 1 unspecified atom stereocenters. The molecule has 0 aromatic rings. The SMILES string of the molecule is COC(=O)C(C)(O)CNCCOC1CCCCC1. The largest absolute Gasteiger partial charge is 0.467 e. The van der Waals surface area contributed by atoms with E-state index < -0.39 is 11.6 Å². The Morgan fingerprint density at radius 2 is 2.06 bits per heavy atom.